The second-order valence-electron chi connectivity index (χ2n) is 4.40. The molecule has 1 aromatic heterocycles. The molecule has 1 aromatic rings. The summed E-state index contributed by atoms with van der Waals surface area (Å²) in [6.07, 6.45) is 0. The number of hydrogen-bond acceptors (Lipinski definition) is 4. The van der Waals surface area contributed by atoms with E-state index < -0.39 is 5.41 Å². The predicted octanol–water partition coefficient (Wildman–Crippen LogP) is 0.868. The molecule has 0 fully saturated rings. The fourth-order valence-electron chi connectivity index (χ4n) is 1.20. The van der Waals surface area contributed by atoms with Crippen molar-refractivity contribution in [2.75, 3.05) is 19.8 Å². The van der Waals surface area contributed by atoms with E-state index in [1.54, 1.807) is 13.0 Å². The number of aliphatic hydroxyl groups is 2. The van der Waals surface area contributed by atoms with Crippen molar-refractivity contribution in [3.63, 3.8) is 0 Å². The summed E-state index contributed by atoms with van der Waals surface area (Å²) in [5.41, 5.74) is 1.09. The van der Waals surface area contributed by atoms with Crippen molar-refractivity contribution in [1.82, 2.24) is 4.98 Å². The normalized spacial score (nSPS) is 11.6. The van der Waals surface area contributed by atoms with Crippen LogP contribution in [0.1, 0.15) is 18.2 Å². The summed E-state index contributed by atoms with van der Waals surface area (Å²) in [4.78, 5) is 4.16. The van der Waals surface area contributed by atoms with Crippen LogP contribution in [0, 0.1) is 25.3 Å². The summed E-state index contributed by atoms with van der Waals surface area (Å²) in [5.74, 6) is 0.502. The zero-order chi connectivity index (χ0) is 12.2. The minimum atomic E-state index is -0.636. The number of hydrogen-bond donors (Lipinski definition) is 2. The lowest BCUT2D eigenvalue weighted by atomic mass is 9.95. The molecule has 0 bridgehead atoms. The standard InChI is InChI=1S/C12H18NO3/c1-9-4-10(2)13-11(5-9)16-8-12(3,6-14)7-15/h5,14-15H,6-8H2,1-3H3. The molecule has 0 saturated heterocycles. The molecule has 1 heterocycles. The van der Waals surface area contributed by atoms with Gasteiger partial charge in [-0.05, 0) is 19.4 Å². The molecule has 2 N–H and O–H groups in total. The maximum absolute atomic E-state index is 9.11. The first kappa shape index (κ1) is 12.9. The first-order valence-electron chi connectivity index (χ1n) is 5.21. The van der Waals surface area contributed by atoms with Gasteiger partial charge in [0.25, 0.3) is 0 Å². The minimum Gasteiger partial charge on any atom is -0.477 e. The van der Waals surface area contributed by atoms with Gasteiger partial charge in [-0.1, -0.05) is 6.92 Å². The molecule has 1 rings (SSSR count). The lowest BCUT2D eigenvalue weighted by molar-refractivity contribution is 0.0273. The second kappa shape index (κ2) is 5.27. The molecule has 0 aliphatic heterocycles. The van der Waals surface area contributed by atoms with Gasteiger partial charge < -0.3 is 14.9 Å². The SMILES string of the molecule is Cc1[c]c(C)nc(OCC(C)(CO)CO)c1. The van der Waals surface area contributed by atoms with Gasteiger partial charge in [-0.2, -0.15) is 0 Å². The van der Waals surface area contributed by atoms with Crippen molar-refractivity contribution < 1.29 is 14.9 Å². The van der Waals surface area contributed by atoms with Crippen LogP contribution in [0.15, 0.2) is 6.07 Å². The van der Waals surface area contributed by atoms with Crippen LogP contribution in [0.25, 0.3) is 0 Å². The molecule has 4 heteroatoms. The zero-order valence-corrected chi connectivity index (χ0v) is 9.95. The van der Waals surface area contributed by atoms with E-state index in [0.717, 1.165) is 11.3 Å². The zero-order valence-electron chi connectivity index (χ0n) is 9.95. The topological polar surface area (TPSA) is 62.6 Å². The van der Waals surface area contributed by atoms with Gasteiger partial charge in [-0.3, -0.25) is 0 Å². The summed E-state index contributed by atoms with van der Waals surface area (Å²) in [5, 5.41) is 18.2. The van der Waals surface area contributed by atoms with E-state index in [9.17, 15) is 0 Å². The maximum atomic E-state index is 9.11. The Morgan fingerprint density at radius 2 is 2.00 bits per heavy atom. The molecule has 1 radical (unpaired) electrons. The van der Waals surface area contributed by atoms with Gasteiger partial charge in [0.15, 0.2) is 0 Å². The third-order valence-electron chi connectivity index (χ3n) is 2.33. The highest BCUT2D eigenvalue weighted by Crippen LogP contribution is 2.18. The van der Waals surface area contributed by atoms with E-state index >= 15 is 0 Å². The van der Waals surface area contributed by atoms with Gasteiger partial charge in [0, 0.05) is 23.2 Å². The largest absolute Gasteiger partial charge is 0.477 e. The summed E-state index contributed by atoms with van der Waals surface area (Å²) < 4.78 is 5.46. The van der Waals surface area contributed by atoms with Crippen LogP contribution in [0.2, 0.25) is 0 Å². The first-order valence-corrected chi connectivity index (χ1v) is 5.21. The highest BCUT2D eigenvalue weighted by molar-refractivity contribution is 5.21. The number of aromatic nitrogens is 1. The molecule has 0 aliphatic rings. The Labute approximate surface area is 95.9 Å². The van der Waals surface area contributed by atoms with Crippen LogP contribution in [-0.2, 0) is 0 Å². The number of nitrogens with zero attached hydrogens (tertiary/aromatic N) is 1. The smallest absolute Gasteiger partial charge is 0.213 e. The molecule has 16 heavy (non-hydrogen) atoms. The van der Waals surface area contributed by atoms with Gasteiger partial charge in [0.2, 0.25) is 5.88 Å². The maximum Gasteiger partial charge on any atom is 0.213 e. The van der Waals surface area contributed by atoms with Crippen molar-refractivity contribution in [2.24, 2.45) is 5.41 Å². The number of pyridine rings is 1. The molecule has 89 valence electrons. The van der Waals surface area contributed by atoms with E-state index in [1.807, 2.05) is 13.8 Å². The van der Waals surface area contributed by atoms with Crippen LogP contribution in [0.5, 0.6) is 5.88 Å². The highest BCUT2D eigenvalue weighted by Gasteiger charge is 2.23. The van der Waals surface area contributed by atoms with Gasteiger partial charge in [-0.25, -0.2) is 4.98 Å². The predicted molar refractivity (Wildman–Crippen MR) is 60.3 cm³/mol. The van der Waals surface area contributed by atoms with Crippen LogP contribution < -0.4 is 4.74 Å². The van der Waals surface area contributed by atoms with Crippen molar-refractivity contribution in [3.8, 4) is 5.88 Å². The Balaban J connectivity index is 2.67. The molecule has 0 unspecified atom stereocenters. The summed E-state index contributed by atoms with van der Waals surface area (Å²) in [6, 6.07) is 4.83. The first-order chi connectivity index (χ1) is 7.49. The Hall–Kier alpha value is -1.13. The molecule has 0 atom stereocenters. The fourth-order valence-corrected chi connectivity index (χ4v) is 1.20. The highest BCUT2D eigenvalue weighted by atomic mass is 16.5. The van der Waals surface area contributed by atoms with E-state index in [-0.39, 0.29) is 19.8 Å². The Bertz CT molecular complexity index is 328. The number of aryl methyl sites for hydroxylation is 2. The Morgan fingerprint density at radius 1 is 1.38 bits per heavy atom. The van der Waals surface area contributed by atoms with E-state index in [2.05, 4.69) is 11.1 Å². The third kappa shape index (κ3) is 3.47. The average Bonchev–Trinajstić information content (AvgIpc) is 2.25. The van der Waals surface area contributed by atoms with Crippen molar-refractivity contribution in [1.29, 1.82) is 0 Å². The van der Waals surface area contributed by atoms with Gasteiger partial charge in [0.1, 0.15) is 0 Å². The van der Waals surface area contributed by atoms with E-state index in [0.29, 0.717) is 5.88 Å². The van der Waals surface area contributed by atoms with Gasteiger partial charge in [0.05, 0.1) is 19.8 Å². The Morgan fingerprint density at radius 3 is 2.50 bits per heavy atom. The minimum absolute atomic E-state index is 0.125. The summed E-state index contributed by atoms with van der Waals surface area (Å²) in [7, 11) is 0. The number of aliphatic hydroxyl groups excluding tert-OH is 2. The van der Waals surface area contributed by atoms with Gasteiger partial charge >= 0.3 is 0 Å². The van der Waals surface area contributed by atoms with E-state index in [1.165, 1.54) is 0 Å². The number of ether oxygens (including phenoxy) is 1. The molecule has 0 aromatic carbocycles. The molecule has 0 spiro atoms. The van der Waals surface area contributed by atoms with Crippen molar-refractivity contribution in [3.05, 3.63) is 23.4 Å². The van der Waals surface area contributed by atoms with Crippen molar-refractivity contribution >= 4 is 0 Å². The lowest BCUT2D eigenvalue weighted by Crippen LogP contribution is -2.33. The van der Waals surface area contributed by atoms with E-state index in [4.69, 9.17) is 14.9 Å². The van der Waals surface area contributed by atoms with Crippen LogP contribution in [0.4, 0.5) is 0 Å². The number of rotatable bonds is 5. The monoisotopic (exact) mass is 224 g/mol. The molecule has 0 saturated carbocycles. The second-order valence-corrected chi connectivity index (χ2v) is 4.40. The summed E-state index contributed by atoms with van der Waals surface area (Å²) >= 11 is 0. The molecule has 0 amide bonds. The molecular formula is C12H18NO3. The Kier molecular flexibility index (Phi) is 4.26. The molecular weight excluding hydrogens is 206 g/mol. The van der Waals surface area contributed by atoms with Gasteiger partial charge in [-0.15, -0.1) is 0 Å². The van der Waals surface area contributed by atoms with Crippen LogP contribution >= 0.6 is 0 Å². The van der Waals surface area contributed by atoms with Crippen LogP contribution in [0.3, 0.4) is 0 Å². The fraction of sp³-hybridized carbons (Fsp3) is 0.583. The molecule has 4 nitrogen and oxygen atoms in total. The average molecular weight is 224 g/mol. The van der Waals surface area contributed by atoms with Crippen molar-refractivity contribution in [2.45, 2.75) is 20.8 Å². The lowest BCUT2D eigenvalue weighted by Gasteiger charge is -2.24. The molecule has 0 aliphatic carbocycles. The quantitative estimate of drug-likeness (QED) is 0.779. The van der Waals surface area contributed by atoms with Crippen LogP contribution in [-0.4, -0.2) is 35.0 Å². The summed E-state index contributed by atoms with van der Waals surface area (Å²) in [6.45, 7) is 5.49. The third-order valence-corrected chi connectivity index (χ3v) is 2.33.